The number of nitrogens with one attached hydrogen (secondary N) is 2. The molecule has 20 heavy (non-hydrogen) atoms. The molecule has 0 aromatic carbocycles. The number of carboxylic acid groups (broad SMARTS) is 1. The highest BCUT2D eigenvalue weighted by Gasteiger charge is 2.17. The van der Waals surface area contributed by atoms with Crippen LogP contribution >= 0.6 is 11.3 Å². The van der Waals surface area contributed by atoms with Gasteiger partial charge in [-0.1, -0.05) is 20.3 Å². The number of amides is 2. The summed E-state index contributed by atoms with van der Waals surface area (Å²) >= 11 is 1.42. The number of anilines is 1. The number of hydrogen-bond donors (Lipinski definition) is 3. The lowest BCUT2D eigenvalue weighted by molar-refractivity contribution is -0.141. The molecule has 1 rings (SSSR count). The number of rotatable bonds is 7. The van der Waals surface area contributed by atoms with Gasteiger partial charge in [0.15, 0.2) is 5.13 Å². The zero-order valence-electron chi connectivity index (χ0n) is 12.0. The second kappa shape index (κ2) is 7.84. The average molecular weight is 299 g/mol. The van der Waals surface area contributed by atoms with Crippen LogP contribution in [0, 0.1) is 12.8 Å². The van der Waals surface area contributed by atoms with E-state index >= 15 is 0 Å². The molecular weight excluding hydrogens is 278 g/mol. The third-order valence-electron chi connectivity index (χ3n) is 2.94. The van der Waals surface area contributed by atoms with Crippen molar-refractivity contribution in [2.45, 2.75) is 40.0 Å². The van der Waals surface area contributed by atoms with Crippen LogP contribution in [0.5, 0.6) is 0 Å². The lowest BCUT2D eigenvalue weighted by atomic mass is 10.0. The summed E-state index contributed by atoms with van der Waals surface area (Å²) in [6, 6.07) is -0.413. The lowest BCUT2D eigenvalue weighted by Gasteiger charge is -2.12. The van der Waals surface area contributed by atoms with Crippen LogP contribution in [0.2, 0.25) is 0 Å². The lowest BCUT2D eigenvalue weighted by Crippen LogP contribution is -2.35. The minimum Gasteiger partial charge on any atom is -0.481 e. The Kier molecular flexibility index (Phi) is 6.44. The van der Waals surface area contributed by atoms with Gasteiger partial charge >= 0.3 is 12.0 Å². The van der Waals surface area contributed by atoms with E-state index in [9.17, 15) is 9.59 Å². The summed E-state index contributed by atoms with van der Waals surface area (Å²) in [5.41, 5.74) is 0.972. The number of aryl methyl sites for hydroxylation is 2. The smallest absolute Gasteiger partial charge is 0.321 e. The Morgan fingerprint density at radius 2 is 2.10 bits per heavy atom. The van der Waals surface area contributed by atoms with Crippen molar-refractivity contribution >= 4 is 28.5 Å². The molecule has 1 atom stereocenters. The topological polar surface area (TPSA) is 91.3 Å². The molecule has 0 saturated carbocycles. The molecule has 0 aliphatic heterocycles. The van der Waals surface area contributed by atoms with Crippen LogP contribution in [-0.4, -0.2) is 28.6 Å². The summed E-state index contributed by atoms with van der Waals surface area (Å²) < 4.78 is 0. The Bertz CT molecular complexity index is 473. The molecule has 0 fully saturated rings. The van der Waals surface area contributed by atoms with Crippen LogP contribution in [0.15, 0.2) is 0 Å². The number of thiazole rings is 1. The summed E-state index contributed by atoms with van der Waals surface area (Å²) in [5, 5.41) is 14.8. The molecule has 0 saturated heterocycles. The van der Waals surface area contributed by atoms with Gasteiger partial charge in [0, 0.05) is 11.4 Å². The quantitative estimate of drug-likeness (QED) is 0.721. The summed E-state index contributed by atoms with van der Waals surface area (Å²) in [5.74, 6) is -1.43. The Morgan fingerprint density at radius 1 is 1.40 bits per heavy atom. The Morgan fingerprint density at radius 3 is 2.60 bits per heavy atom. The summed E-state index contributed by atoms with van der Waals surface area (Å²) in [6.07, 6.45) is 2.14. The molecule has 7 heteroatoms. The van der Waals surface area contributed by atoms with E-state index in [1.807, 2.05) is 20.8 Å². The van der Waals surface area contributed by atoms with Crippen molar-refractivity contribution < 1.29 is 14.7 Å². The summed E-state index contributed by atoms with van der Waals surface area (Å²) in [4.78, 5) is 28.0. The van der Waals surface area contributed by atoms with Gasteiger partial charge in [-0.15, -0.1) is 11.3 Å². The predicted molar refractivity (Wildman–Crippen MR) is 79.3 cm³/mol. The Hall–Kier alpha value is -1.63. The van der Waals surface area contributed by atoms with Gasteiger partial charge in [0.2, 0.25) is 0 Å². The fraction of sp³-hybridized carbons (Fsp3) is 0.615. The monoisotopic (exact) mass is 299 g/mol. The molecule has 3 N–H and O–H groups in total. The minimum absolute atomic E-state index is 0.125. The highest BCUT2D eigenvalue weighted by molar-refractivity contribution is 7.15. The molecule has 1 heterocycles. The first kappa shape index (κ1) is 16.4. The molecule has 0 bridgehead atoms. The van der Waals surface area contributed by atoms with Crippen LogP contribution in [0.4, 0.5) is 9.93 Å². The van der Waals surface area contributed by atoms with Gasteiger partial charge in [-0.05, 0) is 19.8 Å². The highest BCUT2D eigenvalue weighted by Crippen LogP contribution is 2.22. The van der Waals surface area contributed by atoms with Crippen molar-refractivity contribution in [3.05, 3.63) is 10.6 Å². The normalized spacial score (nSPS) is 11.9. The van der Waals surface area contributed by atoms with E-state index in [1.54, 1.807) is 0 Å². The standard InChI is InChI=1S/C13H21N3O3S/c1-4-6-9(11(17)18)7-14-12(19)16-13-15-10(5-2)8(3)20-13/h9H,4-7H2,1-3H3,(H,17,18)(H2,14,15,16,19). The maximum atomic E-state index is 11.7. The number of aliphatic carboxylic acids is 1. The number of carbonyl (C=O) groups excluding carboxylic acids is 1. The third kappa shape index (κ3) is 4.80. The van der Waals surface area contributed by atoms with Crippen LogP contribution in [-0.2, 0) is 11.2 Å². The number of hydrogen-bond acceptors (Lipinski definition) is 4. The Labute approximate surface area is 122 Å². The van der Waals surface area contributed by atoms with Crippen molar-refractivity contribution in [1.29, 1.82) is 0 Å². The van der Waals surface area contributed by atoms with Gasteiger partial charge < -0.3 is 10.4 Å². The zero-order chi connectivity index (χ0) is 15.1. The van der Waals surface area contributed by atoms with E-state index in [4.69, 9.17) is 5.11 Å². The average Bonchev–Trinajstić information content (AvgIpc) is 2.74. The van der Waals surface area contributed by atoms with Crippen molar-refractivity contribution in [2.75, 3.05) is 11.9 Å². The molecule has 112 valence electrons. The molecule has 1 aromatic rings. The van der Waals surface area contributed by atoms with E-state index in [-0.39, 0.29) is 6.54 Å². The largest absolute Gasteiger partial charge is 0.481 e. The molecular formula is C13H21N3O3S. The number of aromatic nitrogens is 1. The van der Waals surface area contributed by atoms with Gasteiger partial charge in [-0.3, -0.25) is 10.1 Å². The molecule has 0 aliphatic carbocycles. The van der Waals surface area contributed by atoms with Crippen LogP contribution in [0.1, 0.15) is 37.3 Å². The molecule has 0 spiro atoms. The zero-order valence-corrected chi connectivity index (χ0v) is 12.8. The van der Waals surface area contributed by atoms with Crippen molar-refractivity contribution in [3.8, 4) is 0 Å². The molecule has 1 aromatic heterocycles. The first-order valence-electron chi connectivity index (χ1n) is 6.71. The van der Waals surface area contributed by atoms with Gasteiger partial charge in [-0.2, -0.15) is 0 Å². The van der Waals surface area contributed by atoms with Crippen molar-refractivity contribution in [3.63, 3.8) is 0 Å². The van der Waals surface area contributed by atoms with Gasteiger partial charge in [-0.25, -0.2) is 9.78 Å². The van der Waals surface area contributed by atoms with E-state index < -0.39 is 17.9 Å². The second-order valence-electron chi connectivity index (χ2n) is 4.53. The van der Waals surface area contributed by atoms with E-state index in [1.165, 1.54) is 11.3 Å². The summed E-state index contributed by atoms with van der Waals surface area (Å²) in [6.45, 7) is 6.01. The van der Waals surface area contributed by atoms with E-state index in [0.29, 0.717) is 11.6 Å². The fourth-order valence-electron chi connectivity index (χ4n) is 1.83. The number of urea groups is 1. The molecule has 1 unspecified atom stereocenters. The van der Waals surface area contributed by atoms with Crippen molar-refractivity contribution in [1.82, 2.24) is 10.3 Å². The first-order valence-corrected chi connectivity index (χ1v) is 7.53. The van der Waals surface area contributed by atoms with Gasteiger partial charge in [0.1, 0.15) is 0 Å². The van der Waals surface area contributed by atoms with Crippen LogP contribution in [0.3, 0.4) is 0 Å². The van der Waals surface area contributed by atoms with Crippen LogP contribution in [0.25, 0.3) is 0 Å². The fourth-order valence-corrected chi connectivity index (χ4v) is 2.73. The number of nitrogens with zero attached hydrogens (tertiary/aromatic N) is 1. The van der Waals surface area contributed by atoms with Crippen LogP contribution < -0.4 is 10.6 Å². The predicted octanol–water partition coefficient (Wildman–Crippen LogP) is 2.64. The highest BCUT2D eigenvalue weighted by atomic mass is 32.1. The molecule has 2 amide bonds. The van der Waals surface area contributed by atoms with Gasteiger partial charge in [0.05, 0.1) is 11.6 Å². The Balaban J connectivity index is 2.48. The van der Waals surface area contributed by atoms with Crippen molar-refractivity contribution in [2.24, 2.45) is 5.92 Å². The molecule has 0 aliphatic rings. The van der Waals surface area contributed by atoms with E-state index in [0.717, 1.165) is 23.4 Å². The number of carbonyl (C=O) groups is 2. The summed E-state index contributed by atoms with van der Waals surface area (Å²) in [7, 11) is 0. The molecule has 0 radical (unpaired) electrons. The minimum atomic E-state index is -0.884. The van der Waals surface area contributed by atoms with Gasteiger partial charge in [0.25, 0.3) is 0 Å². The first-order chi connectivity index (χ1) is 9.47. The maximum Gasteiger partial charge on any atom is 0.321 e. The number of carboxylic acids is 1. The SMILES string of the molecule is CCCC(CNC(=O)Nc1nc(CC)c(C)s1)C(=O)O. The van der Waals surface area contributed by atoms with E-state index in [2.05, 4.69) is 15.6 Å². The third-order valence-corrected chi connectivity index (χ3v) is 3.87. The second-order valence-corrected chi connectivity index (χ2v) is 5.74. The maximum absolute atomic E-state index is 11.7. The molecule has 6 nitrogen and oxygen atoms in total.